The van der Waals surface area contributed by atoms with Crippen molar-refractivity contribution >= 4 is 5.97 Å². The van der Waals surface area contributed by atoms with Gasteiger partial charge in [-0.15, -0.1) is 0 Å². The highest BCUT2D eigenvalue weighted by Crippen LogP contribution is 2.36. The van der Waals surface area contributed by atoms with Crippen LogP contribution in [0.1, 0.15) is 32.3 Å². The van der Waals surface area contributed by atoms with Gasteiger partial charge in [-0.2, -0.15) is 0 Å². The van der Waals surface area contributed by atoms with Gasteiger partial charge in [-0.3, -0.25) is 0 Å². The summed E-state index contributed by atoms with van der Waals surface area (Å²) in [6, 6.07) is 14.1. The third kappa shape index (κ3) is 4.51. The van der Waals surface area contributed by atoms with Gasteiger partial charge in [-0.25, -0.2) is 9.18 Å². The first-order valence-electron chi connectivity index (χ1n) is 10.0. The predicted molar refractivity (Wildman–Crippen MR) is 112 cm³/mol. The normalized spacial score (nSPS) is 21.3. The van der Waals surface area contributed by atoms with Gasteiger partial charge in [0.25, 0.3) is 0 Å². The lowest BCUT2D eigenvalue weighted by Crippen LogP contribution is -2.37. The van der Waals surface area contributed by atoms with Crippen LogP contribution in [0.25, 0.3) is 11.1 Å². The monoisotopic (exact) mass is 397 g/mol. The number of carboxylic acid groups (broad SMARTS) is 1. The minimum atomic E-state index is -0.902. The first-order valence-corrected chi connectivity index (χ1v) is 10.0. The molecule has 0 aliphatic carbocycles. The number of ether oxygens (including phenoxy) is 1. The van der Waals surface area contributed by atoms with Crippen LogP contribution in [-0.4, -0.2) is 40.8 Å². The molecule has 2 unspecified atom stereocenters. The van der Waals surface area contributed by atoms with Gasteiger partial charge in [0.05, 0.1) is 5.60 Å². The zero-order chi connectivity index (χ0) is 21.0. The van der Waals surface area contributed by atoms with E-state index in [-0.39, 0.29) is 12.2 Å². The lowest BCUT2D eigenvalue weighted by molar-refractivity contribution is -0.141. The number of halogens is 1. The molecule has 1 aliphatic heterocycles. The molecule has 154 valence electrons. The zero-order valence-electron chi connectivity index (χ0n) is 17.0. The molecule has 0 bridgehead atoms. The van der Waals surface area contributed by atoms with Crippen LogP contribution >= 0.6 is 0 Å². The topological polar surface area (TPSA) is 49.8 Å². The van der Waals surface area contributed by atoms with Crippen molar-refractivity contribution in [2.75, 3.05) is 13.2 Å². The Morgan fingerprint density at radius 1 is 1.24 bits per heavy atom. The van der Waals surface area contributed by atoms with E-state index in [0.717, 1.165) is 11.1 Å². The van der Waals surface area contributed by atoms with Crippen LogP contribution in [0, 0.1) is 5.82 Å². The second-order valence-corrected chi connectivity index (χ2v) is 7.57. The Hall–Kier alpha value is -2.66. The van der Waals surface area contributed by atoms with Gasteiger partial charge in [-0.1, -0.05) is 56.0 Å². The number of hydrogen-bond acceptors (Lipinski definition) is 3. The molecular weight excluding hydrogens is 369 g/mol. The molecule has 1 aliphatic rings. The third-order valence-corrected chi connectivity index (χ3v) is 5.74. The Bertz CT molecular complexity index is 883. The second-order valence-electron chi connectivity index (χ2n) is 7.57. The van der Waals surface area contributed by atoms with Crippen molar-refractivity contribution in [1.82, 2.24) is 4.90 Å². The maximum absolute atomic E-state index is 14.8. The highest BCUT2D eigenvalue weighted by molar-refractivity contribution is 5.74. The molecule has 1 saturated heterocycles. The number of likely N-dealkylation sites (tertiary alicyclic amines) is 1. The summed E-state index contributed by atoms with van der Waals surface area (Å²) in [5.41, 5.74) is 2.36. The van der Waals surface area contributed by atoms with Crippen LogP contribution in [0.3, 0.4) is 0 Å². The first kappa shape index (κ1) is 21.1. The molecule has 0 spiro atoms. The summed E-state index contributed by atoms with van der Waals surface area (Å²) in [5, 5.41) is 9.70. The Morgan fingerprint density at radius 2 is 1.97 bits per heavy atom. The van der Waals surface area contributed by atoms with Crippen molar-refractivity contribution in [2.45, 2.75) is 44.8 Å². The van der Waals surface area contributed by atoms with E-state index in [1.807, 2.05) is 50.2 Å². The molecule has 4 nitrogen and oxygen atoms in total. The van der Waals surface area contributed by atoms with E-state index in [4.69, 9.17) is 4.74 Å². The summed E-state index contributed by atoms with van der Waals surface area (Å²) in [6.45, 7) is 8.98. The van der Waals surface area contributed by atoms with E-state index in [1.165, 1.54) is 6.07 Å². The van der Waals surface area contributed by atoms with Crippen LogP contribution in [0.2, 0.25) is 0 Å². The van der Waals surface area contributed by atoms with E-state index in [2.05, 4.69) is 6.58 Å². The molecule has 5 heteroatoms. The Labute approximate surface area is 171 Å². The molecule has 29 heavy (non-hydrogen) atoms. The van der Waals surface area contributed by atoms with Crippen LogP contribution in [0.15, 0.2) is 60.8 Å². The number of carbonyl (C=O) groups is 1. The minimum Gasteiger partial charge on any atom is -0.480 e. The Morgan fingerprint density at radius 3 is 2.55 bits per heavy atom. The molecule has 2 aromatic carbocycles. The Balaban J connectivity index is 1.79. The maximum Gasteiger partial charge on any atom is 0.326 e. The van der Waals surface area contributed by atoms with E-state index in [1.54, 1.807) is 11.0 Å². The summed E-state index contributed by atoms with van der Waals surface area (Å²) >= 11 is 0. The molecule has 1 N–H and O–H groups in total. The number of hydrogen-bond donors (Lipinski definition) is 1. The fourth-order valence-electron chi connectivity index (χ4n) is 4.09. The molecule has 2 atom stereocenters. The average molecular weight is 397 g/mol. The predicted octanol–water partition coefficient (Wildman–Crippen LogP) is 4.89. The van der Waals surface area contributed by atoms with Crippen molar-refractivity contribution in [1.29, 1.82) is 0 Å². The third-order valence-electron chi connectivity index (χ3n) is 5.74. The number of benzene rings is 2. The second kappa shape index (κ2) is 8.78. The van der Waals surface area contributed by atoms with E-state index in [0.29, 0.717) is 37.3 Å². The fraction of sp³-hybridized carbons (Fsp3) is 0.375. The smallest absolute Gasteiger partial charge is 0.326 e. The van der Waals surface area contributed by atoms with Crippen molar-refractivity contribution in [3.8, 4) is 11.1 Å². The number of nitrogens with zero attached hydrogens (tertiary/aromatic N) is 1. The fourth-order valence-corrected chi connectivity index (χ4v) is 4.09. The molecule has 1 heterocycles. The van der Waals surface area contributed by atoms with Crippen LogP contribution in [-0.2, 0) is 16.0 Å². The number of rotatable bonds is 8. The van der Waals surface area contributed by atoms with E-state index >= 15 is 0 Å². The lowest BCUT2D eigenvalue weighted by atomic mass is 9.97. The average Bonchev–Trinajstić information content (AvgIpc) is 3.11. The molecular formula is C24H28FNO3. The van der Waals surface area contributed by atoms with Gasteiger partial charge in [0.2, 0.25) is 0 Å². The highest BCUT2D eigenvalue weighted by atomic mass is 19.1. The molecule has 3 rings (SSSR count). The molecule has 2 aromatic rings. The summed E-state index contributed by atoms with van der Waals surface area (Å²) in [6.07, 6.45) is 1.38. The van der Waals surface area contributed by atoms with Crippen molar-refractivity contribution < 1.29 is 19.0 Å². The quantitative estimate of drug-likeness (QED) is 0.689. The van der Waals surface area contributed by atoms with Crippen molar-refractivity contribution in [2.24, 2.45) is 0 Å². The zero-order valence-corrected chi connectivity index (χ0v) is 17.0. The van der Waals surface area contributed by atoms with Crippen molar-refractivity contribution in [3.63, 3.8) is 0 Å². The summed E-state index contributed by atoms with van der Waals surface area (Å²) in [5.74, 6) is -1.22. The van der Waals surface area contributed by atoms with Crippen LogP contribution in [0.5, 0.6) is 0 Å². The van der Waals surface area contributed by atoms with Gasteiger partial charge < -0.3 is 14.7 Å². The van der Waals surface area contributed by atoms with Gasteiger partial charge in [0.15, 0.2) is 0 Å². The van der Waals surface area contributed by atoms with Crippen molar-refractivity contribution in [3.05, 3.63) is 72.2 Å². The summed E-state index contributed by atoms with van der Waals surface area (Å²) < 4.78 is 20.7. The van der Waals surface area contributed by atoms with Crippen LogP contribution < -0.4 is 0 Å². The molecule has 1 fully saturated rings. The SMILES string of the molecule is C=C(Cc1ccc(-c2ccccc2)cc1F)N1CC(CC)(OCC)CC1C(=O)O. The number of carboxylic acids is 1. The molecule has 0 saturated carbocycles. The van der Waals surface area contributed by atoms with E-state index in [9.17, 15) is 14.3 Å². The number of aliphatic carboxylic acids is 1. The largest absolute Gasteiger partial charge is 0.480 e. The van der Waals surface area contributed by atoms with Gasteiger partial charge in [0, 0.05) is 31.7 Å². The van der Waals surface area contributed by atoms with E-state index < -0.39 is 17.6 Å². The van der Waals surface area contributed by atoms with Gasteiger partial charge in [0.1, 0.15) is 11.9 Å². The van der Waals surface area contributed by atoms with Gasteiger partial charge in [-0.05, 0) is 36.1 Å². The summed E-state index contributed by atoms with van der Waals surface area (Å²) in [7, 11) is 0. The van der Waals surface area contributed by atoms with Gasteiger partial charge >= 0.3 is 5.97 Å². The lowest BCUT2D eigenvalue weighted by Gasteiger charge is -2.29. The summed E-state index contributed by atoms with van der Waals surface area (Å²) in [4.78, 5) is 13.6. The standard InChI is InChI=1S/C24H28FNO3/c1-4-24(29-5-2)15-22(23(27)28)26(16-24)17(3)13-20-12-11-19(14-21(20)25)18-9-7-6-8-10-18/h6-12,14,22H,3-5,13,15-16H2,1-2H3,(H,27,28). The highest BCUT2D eigenvalue weighted by Gasteiger charge is 2.47. The maximum atomic E-state index is 14.8. The molecule has 0 radical (unpaired) electrons. The number of allylic oxidation sites excluding steroid dienone is 1. The minimum absolute atomic E-state index is 0.261. The molecule has 0 amide bonds. The molecule has 0 aromatic heterocycles. The Kier molecular flexibility index (Phi) is 6.38. The van der Waals surface area contributed by atoms with Crippen LogP contribution in [0.4, 0.5) is 4.39 Å². The first-order chi connectivity index (χ1) is 13.9.